The maximum atomic E-state index is 14.7. The molecule has 0 N–H and O–H groups in total. The zero-order chi connectivity index (χ0) is 20.4. The van der Waals surface area contributed by atoms with Crippen molar-refractivity contribution in [1.82, 2.24) is 0 Å². The van der Waals surface area contributed by atoms with E-state index in [4.69, 9.17) is 9.47 Å². The van der Waals surface area contributed by atoms with Crippen LogP contribution in [-0.4, -0.2) is 17.5 Å². The SMILES string of the molecule is C=C(C)C(=O)OC1(C)C=CC(c2ccc(OC(=O)C(C)(C)C)cc2)=C(F)C1. The van der Waals surface area contributed by atoms with Crippen molar-refractivity contribution in [3.63, 3.8) is 0 Å². The Morgan fingerprint density at radius 2 is 1.78 bits per heavy atom. The molecular weight excluding hydrogens is 347 g/mol. The van der Waals surface area contributed by atoms with Gasteiger partial charge in [-0.05, 0) is 58.4 Å². The normalized spacial score (nSPS) is 19.6. The van der Waals surface area contributed by atoms with E-state index in [2.05, 4.69) is 6.58 Å². The zero-order valence-corrected chi connectivity index (χ0v) is 16.4. The second-order valence-electron chi connectivity index (χ2n) is 7.98. The Balaban J connectivity index is 2.14. The Morgan fingerprint density at radius 1 is 1.19 bits per heavy atom. The van der Waals surface area contributed by atoms with Gasteiger partial charge in [-0.2, -0.15) is 0 Å². The van der Waals surface area contributed by atoms with Gasteiger partial charge in [-0.1, -0.05) is 24.8 Å². The van der Waals surface area contributed by atoms with Crippen LogP contribution in [0.3, 0.4) is 0 Å². The molecule has 0 fully saturated rings. The molecule has 0 aliphatic heterocycles. The number of carbonyl (C=O) groups excluding carboxylic acids is 2. The standard InChI is InChI=1S/C22H25FO4/c1-14(2)19(24)27-22(6)12-11-17(18(23)13-22)15-7-9-16(10-8-15)26-20(25)21(3,4)5/h7-12H,1,13H2,2-6H3. The lowest BCUT2D eigenvalue weighted by molar-refractivity contribution is -0.149. The monoisotopic (exact) mass is 372 g/mol. The molecule has 1 aliphatic carbocycles. The molecule has 0 aromatic heterocycles. The lowest BCUT2D eigenvalue weighted by atomic mass is 9.89. The first kappa shape index (κ1) is 20.6. The molecule has 0 heterocycles. The highest BCUT2D eigenvalue weighted by atomic mass is 19.1. The van der Waals surface area contributed by atoms with Crippen molar-refractivity contribution in [2.75, 3.05) is 0 Å². The minimum atomic E-state index is -1.05. The van der Waals surface area contributed by atoms with Gasteiger partial charge in [0.1, 0.15) is 17.2 Å². The van der Waals surface area contributed by atoms with Crippen LogP contribution in [0.2, 0.25) is 0 Å². The van der Waals surface area contributed by atoms with E-state index in [-0.39, 0.29) is 23.8 Å². The van der Waals surface area contributed by atoms with Crippen LogP contribution in [0.25, 0.3) is 5.57 Å². The molecule has 144 valence electrons. The van der Waals surface area contributed by atoms with Crippen molar-refractivity contribution >= 4 is 17.5 Å². The van der Waals surface area contributed by atoms with E-state index in [1.54, 1.807) is 71.0 Å². The van der Waals surface area contributed by atoms with Crippen molar-refractivity contribution in [2.45, 2.75) is 46.6 Å². The van der Waals surface area contributed by atoms with E-state index < -0.39 is 17.0 Å². The second kappa shape index (κ2) is 7.51. The summed E-state index contributed by atoms with van der Waals surface area (Å²) in [5, 5.41) is 0. The number of esters is 2. The number of hydrogen-bond acceptors (Lipinski definition) is 4. The molecule has 1 atom stereocenters. The number of allylic oxidation sites excluding steroid dienone is 2. The van der Waals surface area contributed by atoms with Crippen LogP contribution >= 0.6 is 0 Å². The first-order valence-electron chi connectivity index (χ1n) is 8.71. The van der Waals surface area contributed by atoms with Crippen molar-refractivity contribution in [3.05, 3.63) is 60.0 Å². The van der Waals surface area contributed by atoms with Gasteiger partial charge in [0, 0.05) is 17.6 Å². The summed E-state index contributed by atoms with van der Waals surface area (Å²) in [6, 6.07) is 6.63. The largest absolute Gasteiger partial charge is 0.451 e. The van der Waals surface area contributed by atoms with Gasteiger partial charge in [-0.25, -0.2) is 9.18 Å². The predicted octanol–water partition coefficient (Wildman–Crippen LogP) is 5.16. The molecule has 1 unspecified atom stereocenters. The lowest BCUT2D eigenvalue weighted by Crippen LogP contribution is -2.31. The summed E-state index contributed by atoms with van der Waals surface area (Å²) >= 11 is 0. The highest BCUT2D eigenvalue weighted by Gasteiger charge is 2.32. The van der Waals surface area contributed by atoms with Crippen LogP contribution in [0.1, 0.15) is 46.6 Å². The summed E-state index contributed by atoms with van der Waals surface area (Å²) in [6.07, 6.45) is 3.21. The van der Waals surface area contributed by atoms with Crippen molar-refractivity contribution < 1.29 is 23.5 Å². The Bertz CT molecular complexity index is 825. The number of halogens is 1. The Kier molecular flexibility index (Phi) is 5.73. The summed E-state index contributed by atoms with van der Waals surface area (Å²) in [4.78, 5) is 23.7. The summed E-state index contributed by atoms with van der Waals surface area (Å²) in [5.41, 5.74) is -0.336. The molecule has 1 aromatic rings. The molecule has 27 heavy (non-hydrogen) atoms. The summed E-state index contributed by atoms with van der Waals surface area (Å²) in [5.74, 6) is -0.870. The highest BCUT2D eigenvalue weighted by molar-refractivity contribution is 5.87. The molecule has 0 saturated carbocycles. The van der Waals surface area contributed by atoms with Crippen LogP contribution in [-0.2, 0) is 14.3 Å². The third-order valence-electron chi connectivity index (χ3n) is 4.06. The maximum absolute atomic E-state index is 14.7. The first-order valence-corrected chi connectivity index (χ1v) is 8.71. The maximum Gasteiger partial charge on any atom is 0.333 e. The Hall–Kier alpha value is -2.69. The van der Waals surface area contributed by atoms with Gasteiger partial charge >= 0.3 is 11.9 Å². The van der Waals surface area contributed by atoms with Gasteiger partial charge in [0.25, 0.3) is 0 Å². The van der Waals surface area contributed by atoms with Crippen LogP contribution in [0.4, 0.5) is 4.39 Å². The fourth-order valence-electron chi connectivity index (χ4n) is 2.40. The van der Waals surface area contributed by atoms with E-state index in [1.807, 2.05) is 0 Å². The molecule has 2 rings (SSSR count). The summed E-state index contributed by atoms with van der Waals surface area (Å²) in [6.45, 7) is 12.0. The van der Waals surface area contributed by atoms with Crippen molar-refractivity contribution in [2.24, 2.45) is 5.41 Å². The van der Waals surface area contributed by atoms with Crippen LogP contribution < -0.4 is 4.74 Å². The van der Waals surface area contributed by atoms with Crippen LogP contribution in [0.5, 0.6) is 5.75 Å². The van der Waals surface area contributed by atoms with Gasteiger partial charge in [0.15, 0.2) is 0 Å². The number of ether oxygens (including phenoxy) is 2. The predicted molar refractivity (Wildman–Crippen MR) is 103 cm³/mol. The number of benzene rings is 1. The van der Waals surface area contributed by atoms with E-state index in [1.165, 1.54) is 0 Å². The van der Waals surface area contributed by atoms with Gasteiger partial charge < -0.3 is 9.47 Å². The number of hydrogen-bond donors (Lipinski definition) is 0. The lowest BCUT2D eigenvalue weighted by Gasteiger charge is -2.29. The first-order chi connectivity index (χ1) is 12.4. The quantitative estimate of drug-likeness (QED) is 0.416. The minimum Gasteiger partial charge on any atom is -0.451 e. The van der Waals surface area contributed by atoms with Gasteiger partial charge in [-0.3, -0.25) is 4.79 Å². The zero-order valence-electron chi connectivity index (χ0n) is 16.4. The molecule has 0 saturated heterocycles. The third-order valence-corrected chi connectivity index (χ3v) is 4.06. The topological polar surface area (TPSA) is 52.6 Å². The van der Waals surface area contributed by atoms with E-state index >= 15 is 0 Å². The minimum absolute atomic E-state index is 0.0569. The summed E-state index contributed by atoms with van der Waals surface area (Å²) < 4.78 is 25.3. The van der Waals surface area contributed by atoms with E-state index in [0.29, 0.717) is 16.9 Å². The molecule has 1 aromatic carbocycles. The van der Waals surface area contributed by atoms with Gasteiger partial charge in [0.2, 0.25) is 0 Å². The third kappa shape index (κ3) is 5.16. The van der Waals surface area contributed by atoms with E-state index in [0.717, 1.165) is 0 Å². The molecule has 5 heteroatoms. The van der Waals surface area contributed by atoms with Crippen molar-refractivity contribution in [3.8, 4) is 5.75 Å². The van der Waals surface area contributed by atoms with Crippen molar-refractivity contribution in [1.29, 1.82) is 0 Å². The Morgan fingerprint density at radius 3 is 2.26 bits per heavy atom. The van der Waals surface area contributed by atoms with Crippen LogP contribution in [0.15, 0.2) is 54.4 Å². The highest BCUT2D eigenvalue weighted by Crippen LogP contribution is 2.36. The molecule has 0 amide bonds. The molecule has 0 bridgehead atoms. The molecule has 4 nitrogen and oxygen atoms in total. The molecular formula is C22H25FO4. The number of rotatable bonds is 4. The molecule has 0 spiro atoms. The molecule has 0 radical (unpaired) electrons. The fraction of sp³-hybridized carbons (Fsp3) is 0.364. The molecule has 1 aliphatic rings. The average Bonchev–Trinajstić information content (AvgIpc) is 2.54. The Labute approximate surface area is 159 Å². The fourth-order valence-corrected chi connectivity index (χ4v) is 2.40. The summed E-state index contributed by atoms with van der Waals surface area (Å²) in [7, 11) is 0. The average molecular weight is 372 g/mol. The number of carbonyl (C=O) groups is 2. The van der Waals surface area contributed by atoms with Gasteiger partial charge in [-0.15, -0.1) is 0 Å². The van der Waals surface area contributed by atoms with E-state index in [9.17, 15) is 14.0 Å². The van der Waals surface area contributed by atoms with Crippen LogP contribution in [0, 0.1) is 5.41 Å². The second-order valence-corrected chi connectivity index (χ2v) is 7.98. The smallest absolute Gasteiger partial charge is 0.333 e. The van der Waals surface area contributed by atoms with Gasteiger partial charge in [0.05, 0.1) is 5.41 Å².